The van der Waals surface area contributed by atoms with Crippen molar-refractivity contribution in [2.75, 3.05) is 26.2 Å². The highest BCUT2D eigenvalue weighted by atomic mass is 16.5. The molecular weight excluding hydrogens is 296 g/mol. The van der Waals surface area contributed by atoms with E-state index >= 15 is 0 Å². The number of nitrogens with one attached hydrogen (secondary N) is 2. The first-order valence-corrected chi connectivity index (χ1v) is 8.28. The van der Waals surface area contributed by atoms with Gasteiger partial charge >= 0.3 is 6.03 Å². The highest BCUT2D eigenvalue weighted by molar-refractivity contribution is 5.73. The molecule has 3 atom stereocenters. The van der Waals surface area contributed by atoms with Crippen molar-refractivity contribution in [3.05, 3.63) is 12.7 Å². The summed E-state index contributed by atoms with van der Waals surface area (Å²) in [6.07, 6.45) is 4.49. The van der Waals surface area contributed by atoms with Gasteiger partial charge < -0.3 is 15.4 Å². The van der Waals surface area contributed by atoms with Gasteiger partial charge in [-0.25, -0.2) is 9.78 Å². The maximum Gasteiger partial charge on any atom is 0.314 e. The average Bonchev–Trinajstić information content (AvgIpc) is 3.01. The number of aromatic nitrogens is 3. The van der Waals surface area contributed by atoms with Gasteiger partial charge in [0.25, 0.3) is 0 Å². The Balaban J connectivity index is 1.58. The number of ether oxygens (including phenoxy) is 1. The molecule has 1 fully saturated rings. The van der Waals surface area contributed by atoms with Crippen molar-refractivity contribution in [3.8, 4) is 0 Å². The summed E-state index contributed by atoms with van der Waals surface area (Å²) in [6.45, 7) is 10.1. The zero-order valence-corrected chi connectivity index (χ0v) is 14.2. The number of amides is 2. The van der Waals surface area contributed by atoms with Crippen LogP contribution in [-0.2, 0) is 11.3 Å². The zero-order chi connectivity index (χ0) is 16.7. The summed E-state index contributed by atoms with van der Waals surface area (Å²) in [6, 6.07) is 0.175. The lowest BCUT2D eigenvalue weighted by Gasteiger charge is -2.38. The minimum atomic E-state index is -0.121. The van der Waals surface area contributed by atoms with Crippen LogP contribution in [0.4, 0.5) is 4.79 Å². The van der Waals surface area contributed by atoms with Crippen LogP contribution < -0.4 is 10.6 Å². The van der Waals surface area contributed by atoms with Gasteiger partial charge in [-0.15, -0.1) is 0 Å². The fourth-order valence-electron chi connectivity index (χ4n) is 2.80. The molecule has 1 aromatic rings. The fraction of sp³-hybridized carbons (Fsp3) is 0.800. The molecule has 1 aliphatic rings. The van der Waals surface area contributed by atoms with Gasteiger partial charge in [-0.3, -0.25) is 9.58 Å². The molecule has 23 heavy (non-hydrogen) atoms. The van der Waals surface area contributed by atoms with Crippen molar-refractivity contribution in [3.63, 3.8) is 0 Å². The number of urea groups is 1. The van der Waals surface area contributed by atoms with Crippen molar-refractivity contribution < 1.29 is 9.53 Å². The first kappa shape index (κ1) is 17.7. The minimum absolute atomic E-state index is 0.121. The van der Waals surface area contributed by atoms with Crippen molar-refractivity contribution in [2.45, 2.75) is 52.0 Å². The molecule has 8 heteroatoms. The molecule has 8 nitrogen and oxygen atoms in total. The van der Waals surface area contributed by atoms with E-state index in [1.54, 1.807) is 11.0 Å². The van der Waals surface area contributed by atoms with Gasteiger partial charge in [0.05, 0.1) is 12.2 Å². The summed E-state index contributed by atoms with van der Waals surface area (Å²) in [7, 11) is 0. The third-order valence-electron chi connectivity index (χ3n) is 3.95. The topological polar surface area (TPSA) is 84.3 Å². The standard InChI is InChI=1S/C15H28N6O2/c1-12(20-8-13(2)23-14(3)9-20)7-18-15(22)17-5-4-6-21-11-16-10-19-21/h10-14H,4-9H2,1-3H3,(H2,17,18,22)/t12-,13+,14+/m0/s1. The Morgan fingerprint density at radius 3 is 2.74 bits per heavy atom. The summed E-state index contributed by atoms with van der Waals surface area (Å²) in [5.41, 5.74) is 0. The van der Waals surface area contributed by atoms with Crippen molar-refractivity contribution in [1.82, 2.24) is 30.3 Å². The maximum absolute atomic E-state index is 11.8. The summed E-state index contributed by atoms with van der Waals surface area (Å²) < 4.78 is 7.49. The normalized spacial score (nSPS) is 23.4. The van der Waals surface area contributed by atoms with E-state index in [2.05, 4.69) is 46.4 Å². The van der Waals surface area contributed by atoms with Crippen LogP contribution in [0.2, 0.25) is 0 Å². The van der Waals surface area contributed by atoms with Gasteiger partial charge in [-0.2, -0.15) is 5.10 Å². The third-order valence-corrected chi connectivity index (χ3v) is 3.95. The molecular formula is C15H28N6O2. The molecule has 2 heterocycles. The quantitative estimate of drug-likeness (QED) is 0.712. The number of aryl methyl sites for hydroxylation is 1. The highest BCUT2D eigenvalue weighted by Crippen LogP contribution is 2.13. The van der Waals surface area contributed by atoms with E-state index < -0.39 is 0 Å². The second-order valence-corrected chi connectivity index (χ2v) is 6.21. The Morgan fingerprint density at radius 1 is 1.35 bits per heavy atom. The average molecular weight is 324 g/mol. The summed E-state index contributed by atoms with van der Waals surface area (Å²) in [4.78, 5) is 18.1. The van der Waals surface area contributed by atoms with Crippen LogP contribution in [0.1, 0.15) is 27.2 Å². The van der Waals surface area contributed by atoms with Gasteiger partial charge in [0.15, 0.2) is 0 Å². The van der Waals surface area contributed by atoms with Gasteiger partial charge in [0.2, 0.25) is 0 Å². The smallest absolute Gasteiger partial charge is 0.314 e. The van der Waals surface area contributed by atoms with E-state index in [0.717, 1.165) is 26.1 Å². The molecule has 0 spiro atoms. The molecule has 1 saturated heterocycles. The van der Waals surface area contributed by atoms with Crippen LogP contribution in [0.3, 0.4) is 0 Å². The van der Waals surface area contributed by atoms with Crippen LogP contribution in [0.5, 0.6) is 0 Å². The lowest BCUT2D eigenvalue weighted by molar-refractivity contribution is -0.0778. The highest BCUT2D eigenvalue weighted by Gasteiger charge is 2.25. The molecule has 0 saturated carbocycles. The minimum Gasteiger partial charge on any atom is -0.373 e. The Morgan fingerprint density at radius 2 is 2.09 bits per heavy atom. The van der Waals surface area contributed by atoms with Crippen LogP contribution in [0.25, 0.3) is 0 Å². The molecule has 1 aliphatic heterocycles. The molecule has 2 amide bonds. The van der Waals surface area contributed by atoms with Crippen LogP contribution in [-0.4, -0.2) is 70.1 Å². The lowest BCUT2D eigenvalue weighted by atomic mass is 10.2. The van der Waals surface area contributed by atoms with E-state index in [1.165, 1.54) is 6.33 Å². The summed E-state index contributed by atoms with van der Waals surface area (Å²) in [5, 5.41) is 9.82. The summed E-state index contributed by atoms with van der Waals surface area (Å²) in [5.74, 6) is 0. The largest absolute Gasteiger partial charge is 0.373 e. The second kappa shape index (κ2) is 8.83. The number of rotatable bonds is 7. The molecule has 0 aliphatic carbocycles. The summed E-state index contributed by atoms with van der Waals surface area (Å²) >= 11 is 0. The van der Waals surface area contributed by atoms with E-state index in [1.807, 2.05) is 0 Å². The van der Waals surface area contributed by atoms with Crippen molar-refractivity contribution in [1.29, 1.82) is 0 Å². The van der Waals surface area contributed by atoms with Crippen LogP contribution in [0.15, 0.2) is 12.7 Å². The molecule has 2 rings (SSSR count). The predicted molar refractivity (Wildman–Crippen MR) is 87.1 cm³/mol. The molecule has 2 N–H and O–H groups in total. The maximum atomic E-state index is 11.8. The first-order valence-electron chi connectivity index (χ1n) is 8.28. The number of hydrogen-bond acceptors (Lipinski definition) is 5. The van der Waals surface area contributed by atoms with E-state index in [4.69, 9.17) is 4.74 Å². The zero-order valence-electron chi connectivity index (χ0n) is 14.2. The number of carbonyl (C=O) groups excluding carboxylic acids is 1. The second-order valence-electron chi connectivity index (χ2n) is 6.21. The Bertz CT molecular complexity index is 457. The molecule has 130 valence electrons. The number of nitrogens with zero attached hydrogens (tertiary/aromatic N) is 4. The van der Waals surface area contributed by atoms with E-state index in [9.17, 15) is 4.79 Å². The fourth-order valence-corrected chi connectivity index (χ4v) is 2.80. The lowest BCUT2D eigenvalue weighted by Crippen LogP contribution is -2.53. The van der Waals surface area contributed by atoms with Crippen LogP contribution in [0, 0.1) is 0 Å². The molecule has 0 unspecified atom stereocenters. The van der Waals surface area contributed by atoms with Gasteiger partial charge in [-0.05, 0) is 27.2 Å². The van der Waals surface area contributed by atoms with Crippen molar-refractivity contribution >= 4 is 6.03 Å². The Kier molecular flexibility index (Phi) is 6.79. The van der Waals surface area contributed by atoms with Crippen LogP contribution >= 0.6 is 0 Å². The Hall–Kier alpha value is -1.67. The van der Waals surface area contributed by atoms with E-state index in [0.29, 0.717) is 19.1 Å². The number of hydrogen-bond donors (Lipinski definition) is 2. The molecule has 0 radical (unpaired) electrons. The number of morpholine rings is 1. The predicted octanol–water partition coefficient (Wildman–Crippen LogP) is 0.465. The molecule has 0 aromatic carbocycles. The molecule has 1 aromatic heterocycles. The van der Waals surface area contributed by atoms with Crippen molar-refractivity contribution in [2.24, 2.45) is 0 Å². The monoisotopic (exact) mass is 324 g/mol. The third kappa shape index (κ3) is 6.15. The van der Waals surface area contributed by atoms with Gasteiger partial charge in [0, 0.05) is 38.8 Å². The van der Waals surface area contributed by atoms with Gasteiger partial charge in [0.1, 0.15) is 12.7 Å². The molecule has 0 bridgehead atoms. The first-order chi connectivity index (χ1) is 11.0. The SMILES string of the molecule is C[C@@H]1CN([C@@H](C)CNC(=O)NCCCn2cncn2)C[C@@H](C)O1. The number of carbonyl (C=O) groups is 1. The van der Waals surface area contributed by atoms with E-state index in [-0.39, 0.29) is 18.2 Å². The Labute approximate surface area is 137 Å². The van der Waals surface area contributed by atoms with Gasteiger partial charge in [-0.1, -0.05) is 0 Å².